The molecule has 1 aliphatic rings. The molecule has 1 aliphatic heterocycles. The zero-order valence-corrected chi connectivity index (χ0v) is 28.5. The van der Waals surface area contributed by atoms with Gasteiger partial charge in [0.05, 0.1) is 0 Å². The Labute approximate surface area is 253 Å². The molecule has 3 nitrogen and oxygen atoms in total. The summed E-state index contributed by atoms with van der Waals surface area (Å²) in [6.45, 7) is 18.9. The van der Waals surface area contributed by atoms with Gasteiger partial charge in [-0.1, -0.05) is 84.0 Å². The van der Waals surface area contributed by atoms with Gasteiger partial charge in [-0.05, 0) is 74.0 Å². The SMILES string of the molecule is C1CCOC1.Cc1cc(P(c2ccccc2)c2cc(C)cc(C(C)(C)C)c2O)c(O)c(C(C)(C)C)c1.[Cl][Ti][Cl]. The number of hydrogen-bond acceptors (Lipinski definition) is 3. The van der Waals surface area contributed by atoms with Crippen LogP contribution in [0.15, 0.2) is 54.6 Å². The molecule has 4 rings (SSSR count). The van der Waals surface area contributed by atoms with Crippen molar-refractivity contribution in [1.29, 1.82) is 0 Å². The second-order valence-electron chi connectivity index (χ2n) is 11.9. The van der Waals surface area contributed by atoms with Gasteiger partial charge in [0.25, 0.3) is 0 Å². The van der Waals surface area contributed by atoms with Crippen molar-refractivity contribution in [2.24, 2.45) is 0 Å². The molecule has 0 atom stereocenters. The van der Waals surface area contributed by atoms with Crippen molar-refractivity contribution in [3.8, 4) is 11.5 Å². The molecule has 3 aromatic rings. The van der Waals surface area contributed by atoms with E-state index >= 15 is 0 Å². The Kier molecular flexibility index (Phi) is 13.4. The van der Waals surface area contributed by atoms with Crippen LogP contribution in [-0.2, 0) is 32.6 Å². The zero-order valence-electron chi connectivity index (χ0n) is 24.5. The predicted molar refractivity (Wildman–Crippen MR) is 167 cm³/mol. The van der Waals surface area contributed by atoms with E-state index in [1.54, 1.807) is 0 Å². The Balaban J connectivity index is 0.000000577. The fourth-order valence-corrected chi connectivity index (χ4v) is 7.12. The Hall–Kier alpha value is -1.06. The second kappa shape index (κ2) is 15.3. The first kappa shape index (κ1) is 34.1. The number of rotatable bonds is 3. The standard InChI is InChI=1S/C28H35O2P.C4H8O.2ClH.Ti/c1-18-14-21(27(3,4)5)25(29)23(16-18)31(20-12-10-9-11-13-20)24-17-19(2)15-22(26(24)30)28(6,7)8;1-2-4-5-3-1;;;/h9-17,29-30H,1-8H3;1-4H2;2*1H;/q;;;;+2/p-2. The molecular weight excluding hydrogens is 582 g/mol. The van der Waals surface area contributed by atoms with E-state index < -0.39 is 25.0 Å². The van der Waals surface area contributed by atoms with Crippen molar-refractivity contribution >= 4 is 42.4 Å². The topological polar surface area (TPSA) is 49.7 Å². The molecular formula is C32H43Cl2O3PTi. The van der Waals surface area contributed by atoms with Crippen LogP contribution in [0.25, 0.3) is 0 Å². The predicted octanol–water partition coefficient (Wildman–Crippen LogP) is 8.24. The number of hydrogen-bond donors (Lipinski definition) is 2. The third-order valence-corrected chi connectivity index (χ3v) is 8.87. The van der Waals surface area contributed by atoms with Gasteiger partial charge in [-0.15, -0.1) is 0 Å². The summed E-state index contributed by atoms with van der Waals surface area (Å²) in [6.07, 6.45) is 2.56. The van der Waals surface area contributed by atoms with E-state index in [1.165, 1.54) is 12.8 Å². The Morgan fingerprint density at radius 1 is 0.718 bits per heavy atom. The summed E-state index contributed by atoms with van der Waals surface area (Å²) < 4.78 is 4.94. The first-order valence-corrected chi connectivity index (χ1v) is 18.9. The summed E-state index contributed by atoms with van der Waals surface area (Å²) in [5.74, 6) is 0.678. The van der Waals surface area contributed by atoms with Crippen molar-refractivity contribution in [1.82, 2.24) is 0 Å². The number of halogens is 2. The van der Waals surface area contributed by atoms with Gasteiger partial charge >= 0.3 is 35.6 Å². The molecule has 0 aromatic heterocycles. The van der Waals surface area contributed by atoms with Crippen molar-refractivity contribution in [2.45, 2.75) is 79.1 Å². The molecule has 1 fully saturated rings. The van der Waals surface area contributed by atoms with E-state index in [0.717, 1.165) is 51.4 Å². The van der Waals surface area contributed by atoms with Crippen LogP contribution in [0.3, 0.4) is 0 Å². The van der Waals surface area contributed by atoms with Crippen LogP contribution < -0.4 is 15.9 Å². The molecule has 1 saturated heterocycles. The van der Waals surface area contributed by atoms with Gasteiger partial charge in [0.15, 0.2) is 0 Å². The number of ether oxygens (including phenoxy) is 1. The summed E-state index contributed by atoms with van der Waals surface area (Å²) in [4.78, 5) is 0. The van der Waals surface area contributed by atoms with Crippen molar-refractivity contribution in [3.05, 3.63) is 76.9 Å². The number of phenolic OH excluding ortho intramolecular Hbond substituents is 2. The Morgan fingerprint density at radius 3 is 1.41 bits per heavy atom. The number of benzene rings is 3. The summed E-state index contributed by atoms with van der Waals surface area (Å²) in [5.41, 5.74) is 3.73. The minimum absolute atomic E-state index is 0.187. The van der Waals surface area contributed by atoms with Gasteiger partial charge in [0.1, 0.15) is 11.5 Å². The zero-order chi connectivity index (χ0) is 29.4. The summed E-state index contributed by atoms with van der Waals surface area (Å²) in [6, 6.07) is 18.6. The monoisotopic (exact) mass is 624 g/mol. The molecule has 0 amide bonds. The van der Waals surface area contributed by atoms with Crippen LogP contribution in [0.1, 0.15) is 76.6 Å². The van der Waals surface area contributed by atoms with E-state index in [0.29, 0.717) is 11.5 Å². The van der Waals surface area contributed by atoms with Crippen LogP contribution >= 0.6 is 26.5 Å². The van der Waals surface area contributed by atoms with Gasteiger partial charge in [0, 0.05) is 34.9 Å². The third kappa shape index (κ3) is 9.77. The molecule has 1 heterocycles. The molecule has 212 valence electrons. The normalized spacial score (nSPS) is 13.3. The average molecular weight is 625 g/mol. The van der Waals surface area contributed by atoms with Crippen molar-refractivity contribution in [3.63, 3.8) is 0 Å². The van der Waals surface area contributed by atoms with E-state index in [2.05, 4.69) is 91.8 Å². The molecule has 0 radical (unpaired) electrons. The van der Waals surface area contributed by atoms with Gasteiger partial charge in [-0.25, -0.2) is 0 Å². The van der Waals surface area contributed by atoms with Crippen molar-refractivity contribution < 1.29 is 32.0 Å². The molecule has 0 spiro atoms. The molecule has 0 aliphatic carbocycles. The van der Waals surface area contributed by atoms with E-state index in [1.807, 2.05) is 18.2 Å². The van der Waals surface area contributed by atoms with Crippen molar-refractivity contribution in [2.75, 3.05) is 13.2 Å². The first-order chi connectivity index (χ1) is 18.2. The number of aryl methyl sites for hydroxylation is 2. The van der Waals surface area contributed by atoms with Crippen LogP contribution in [0.4, 0.5) is 0 Å². The molecule has 2 N–H and O–H groups in total. The van der Waals surface area contributed by atoms with Crippen LogP contribution in [0, 0.1) is 13.8 Å². The molecule has 3 aromatic carbocycles. The second-order valence-corrected chi connectivity index (χ2v) is 16.7. The molecule has 39 heavy (non-hydrogen) atoms. The fraction of sp³-hybridized carbons (Fsp3) is 0.438. The summed E-state index contributed by atoms with van der Waals surface area (Å²) >= 11 is -0.556. The molecule has 0 saturated carbocycles. The van der Waals surface area contributed by atoms with Crippen LogP contribution in [-0.4, -0.2) is 23.4 Å². The number of phenols is 2. The third-order valence-electron chi connectivity index (χ3n) is 6.41. The van der Waals surface area contributed by atoms with Crippen LogP contribution in [0.5, 0.6) is 11.5 Å². The summed E-state index contributed by atoms with van der Waals surface area (Å²) in [5, 5.41) is 25.8. The van der Waals surface area contributed by atoms with E-state index in [9.17, 15) is 10.2 Å². The van der Waals surface area contributed by atoms with Gasteiger partial charge in [0.2, 0.25) is 0 Å². The van der Waals surface area contributed by atoms with Crippen LogP contribution in [0.2, 0.25) is 0 Å². The molecule has 7 heteroatoms. The molecule has 0 bridgehead atoms. The van der Waals surface area contributed by atoms with E-state index in [-0.39, 0.29) is 10.8 Å². The van der Waals surface area contributed by atoms with Gasteiger partial charge in [-0.2, -0.15) is 0 Å². The fourth-order valence-electron chi connectivity index (χ4n) is 4.50. The maximum absolute atomic E-state index is 11.5. The van der Waals surface area contributed by atoms with Gasteiger partial charge in [-0.3, -0.25) is 0 Å². The minimum atomic E-state index is -1.15. The quantitative estimate of drug-likeness (QED) is 0.228. The Bertz CT molecular complexity index is 1120. The first-order valence-electron chi connectivity index (χ1n) is 13.3. The average Bonchev–Trinajstić information content (AvgIpc) is 3.43. The number of aromatic hydroxyl groups is 2. The summed E-state index contributed by atoms with van der Waals surface area (Å²) in [7, 11) is 8.63. The molecule has 0 unspecified atom stereocenters. The Morgan fingerprint density at radius 2 is 1.10 bits per heavy atom. The maximum atomic E-state index is 11.5. The van der Waals surface area contributed by atoms with E-state index in [4.69, 9.17) is 23.3 Å². The van der Waals surface area contributed by atoms with Gasteiger partial charge < -0.3 is 14.9 Å².